The Bertz CT molecular complexity index is 3690. The second-order valence-electron chi connectivity index (χ2n) is 18.7. The van der Waals surface area contributed by atoms with Crippen LogP contribution in [0.15, 0.2) is 231 Å². The molecule has 13 rings (SSSR count). The summed E-state index contributed by atoms with van der Waals surface area (Å²) in [6.45, 7) is 4.82. The van der Waals surface area contributed by atoms with E-state index in [1.165, 1.54) is 99.5 Å². The summed E-state index contributed by atoms with van der Waals surface area (Å²) in [5, 5.41) is 5.07. The third-order valence-corrected chi connectivity index (χ3v) is 14.7. The first-order valence-electron chi connectivity index (χ1n) is 23.6. The van der Waals surface area contributed by atoms with E-state index in [4.69, 9.17) is 0 Å². The minimum atomic E-state index is -0.322. The standard InChI is InChI=1S/C65H48N2/c1-43-39-51-18-7-9-23-55(51)63(40-43)67-61-38-33-50(42-59(61)65(2)58-26-11-10-24-56(58)57-25-14-28-62(67)64(57)65)46-31-36-53(37-32-46)66(60-27-13-19-47-17-6-8-22-54(47)60)52-34-29-45(30-35-52)49-21-12-20-48(41-49)44-15-4-3-5-16-44/h3-39,41-43H,40H2,1-2H3/t43?,65-/m0/s1. The molecule has 3 aliphatic rings. The third kappa shape index (κ3) is 6.24. The van der Waals surface area contributed by atoms with E-state index in [0.717, 1.165) is 23.5 Å². The van der Waals surface area contributed by atoms with E-state index in [9.17, 15) is 0 Å². The topological polar surface area (TPSA) is 6.48 Å². The van der Waals surface area contributed by atoms with E-state index in [0.29, 0.717) is 5.92 Å². The molecule has 0 amide bonds. The normalized spacial score (nSPS) is 16.4. The van der Waals surface area contributed by atoms with Gasteiger partial charge in [-0.1, -0.05) is 189 Å². The lowest BCUT2D eigenvalue weighted by Crippen LogP contribution is -2.40. The zero-order chi connectivity index (χ0) is 44.6. The Labute approximate surface area is 392 Å². The minimum Gasteiger partial charge on any atom is -0.313 e. The van der Waals surface area contributed by atoms with Gasteiger partial charge in [0.15, 0.2) is 0 Å². The smallest absolute Gasteiger partial charge is 0.0540 e. The van der Waals surface area contributed by atoms with Crippen molar-refractivity contribution in [2.24, 2.45) is 5.92 Å². The summed E-state index contributed by atoms with van der Waals surface area (Å²) < 4.78 is 0. The molecule has 0 saturated carbocycles. The van der Waals surface area contributed by atoms with Gasteiger partial charge in [0.25, 0.3) is 0 Å². The van der Waals surface area contributed by atoms with E-state index < -0.39 is 0 Å². The Morgan fingerprint density at radius 1 is 0.463 bits per heavy atom. The summed E-state index contributed by atoms with van der Waals surface area (Å²) in [5.74, 6) is 0.428. The molecule has 67 heavy (non-hydrogen) atoms. The Morgan fingerprint density at radius 2 is 1.04 bits per heavy atom. The van der Waals surface area contributed by atoms with Crippen LogP contribution in [-0.2, 0) is 5.41 Å². The van der Waals surface area contributed by atoms with Crippen LogP contribution in [0.1, 0.15) is 37.0 Å². The van der Waals surface area contributed by atoms with E-state index >= 15 is 0 Å². The largest absolute Gasteiger partial charge is 0.313 e. The third-order valence-electron chi connectivity index (χ3n) is 14.7. The molecule has 2 aliphatic carbocycles. The predicted octanol–water partition coefficient (Wildman–Crippen LogP) is 15.7. The summed E-state index contributed by atoms with van der Waals surface area (Å²) in [6, 6.07) is 85.3. The van der Waals surface area contributed by atoms with Gasteiger partial charge in [-0.25, -0.2) is 0 Å². The van der Waals surface area contributed by atoms with Gasteiger partial charge < -0.3 is 9.80 Å². The quantitative estimate of drug-likeness (QED) is 0.158. The van der Waals surface area contributed by atoms with Crippen molar-refractivity contribution in [3.63, 3.8) is 0 Å². The highest BCUT2D eigenvalue weighted by atomic mass is 15.2. The van der Waals surface area contributed by atoms with Gasteiger partial charge in [-0.2, -0.15) is 0 Å². The fourth-order valence-electron chi connectivity index (χ4n) is 11.6. The molecular weight excluding hydrogens is 809 g/mol. The molecule has 0 fully saturated rings. The maximum Gasteiger partial charge on any atom is 0.0540 e. The van der Waals surface area contributed by atoms with E-state index in [2.05, 4.69) is 260 Å². The van der Waals surface area contributed by atoms with Gasteiger partial charge in [-0.15, -0.1) is 0 Å². The number of nitrogens with zero attached hydrogens (tertiary/aromatic N) is 2. The van der Waals surface area contributed by atoms with Crippen molar-refractivity contribution in [3.8, 4) is 44.5 Å². The molecule has 1 unspecified atom stereocenters. The number of anilines is 5. The van der Waals surface area contributed by atoms with Crippen LogP contribution in [0.25, 0.3) is 67.1 Å². The van der Waals surface area contributed by atoms with Crippen molar-refractivity contribution >= 4 is 51.0 Å². The first kappa shape index (κ1) is 39.2. The van der Waals surface area contributed by atoms with Gasteiger partial charge in [0.05, 0.1) is 17.1 Å². The monoisotopic (exact) mass is 856 g/mol. The second-order valence-corrected chi connectivity index (χ2v) is 18.7. The van der Waals surface area contributed by atoms with Gasteiger partial charge in [0, 0.05) is 33.1 Å². The van der Waals surface area contributed by atoms with Crippen LogP contribution in [-0.4, -0.2) is 0 Å². The lowest BCUT2D eigenvalue weighted by molar-refractivity contribution is 0.696. The zero-order valence-corrected chi connectivity index (χ0v) is 37.7. The highest BCUT2D eigenvalue weighted by Crippen LogP contribution is 2.62. The Morgan fingerprint density at radius 3 is 1.84 bits per heavy atom. The first-order valence-corrected chi connectivity index (χ1v) is 23.6. The summed E-state index contributed by atoms with van der Waals surface area (Å²) >= 11 is 0. The fraction of sp³-hybridized carbons (Fsp3) is 0.0769. The van der Waals surface area contributed by atoms with E-state index in [-0.39, 0.29) is 5.41 Å². The van der Waals surface area contributed by atoms with Crippen LogP contribution in [0.5, 0.6) is 0 Å². The van der Waals surface area contributed by atoms with Crippen molar-refractivity contribution in [2.45, 2.75) is 25.7 Å². The number of hydrogen-bond donors (Lipinski definition) is 0. The molecule has 2 nitrogen and oxygen atoms in total. The molecule has 0 aromatic heterocycles. The Hall–Kier alpha value is -8.20. The van der Waals surface area contributed by atoms with Gasteiger partial charge in [-0.05, 0) is 146 Å². The maximum absolute atomic E-state index is 2.62. The average Bonchev–Trinajstić information content (AvgIpc) is 3.66. The second kappa shape index (κ2) is 15.5. The number of hydrogen-bond acceptors (Lipinski definition) is 2. The van der Waals surface area contributed by atoms with Crippen LogP contribution < -0.4 is 20.2 Å². The fourth-order valence-corrected chi connectivity index (χ4v) is 11.6. The Balaban J connectivity index is 0.930. The number of benzene rings is 10. The molecule has 10 aromatic rings. The van der Waals surface area contributed by atoms with Crippen molar-refractivity contribution in [3.05, 3.63) is 258 Å². The van der Waals surface area contributed by atoms with Crippen LogP contribution in [0.4, 0.5) is 28.4 Å². The van der Waals surface area contributed by atoms with Crippen LogP contribution in [0.2, 0.25) is 0 Å². The van der Waals surface area contributed by atoms with Crippen molar-refractivity contribution in [2.75, 3.05) is 9.80 Å². The molecule has 10 aromatic carbocycles. The van der Waals surface area contributed by atoms with Crippen LogP contribution >= 0.6 is 0 Å². The molecule has 0 N–H and O–H groups in total. The lowest BCUT2D eigenvalue weighted by atomic mass is 9.69. The van der Waals surface area contributed by atoms with E-state index in [1.54, 1.807) is 0 Å². The lowest BCUT2D eigenvalue weighted by Gasteiger charge is -2.44. The highest BCUT2D eigenvalue weighted by molar-refractivity contribution is 6.01. The zero-order valence-electron chi connectivity index (χ0n) is 37.7. The van der Waals surface area contributed by atoms with Crippen molar-refractivity contribution < 1.29 is 0 Å². The van der Waals surface area contributed by atoms with Gasteiger partial charge in [-0.3, -0.25) is 0 Å². The molecule has 0 saturated heterocycles. The maximum atomic E-state index is 2.62. The molecule has 0 radical (unpaired) electrons. The number of fused-ring (bicyclic) bond motifs is 7. The molecule has 1 aliphatic heterocycles. The molecule has 2 heteroatoms. The van der Waals surface area contributed by atoms with Gasteiger partial charge in [0.1, 0.15) is 0 Å². The summed E-state index contributed by atoms with van der Waals surface area (Å²) in [7, 11) is 0. The molecule has 318 valence electrons. The highest BCUT2D eigenvalue weighted by Gasteiger charge is 2.48. The Kier molecular flexibility index (Phi) is 9.05. The van der Waals surface area contributed by atoms with Crippen molar-refractivity contribution in [1.82, 2.24) is 0 Å². The van der Waals surface area contributed by atoms with E-state index in [1.807, 2.05) is 0 Å². The van der Waals surface area contributed by atoms with Crippen LogP contribution in [0.3, 0.4) is 0 Å². The summed E-state index contributed by atoms with van der Waals surface area (Å²) in [6.07, 6.45) is 3.42. The summed E-state index contributed by atoms with van der Waals surface area (Å²) in [5.41, 5.74) is 21.0. The van der Waals surface area contributed by atoms with Crippen molar-refractivity contribution in [1.29, 1.82) is 0 Å². The average molecular weight is 857 g/mol. The molecule has 1 heterocycles. The summed E-state index contributed by atoms with van der Waals surface area (Å²) in [4.78, 5) is 5.03. The molecule has 0 bridgehead atoms. The predicted molar refractivity (Wildman–Crippen MR) is 282 cm³/mol. The van der Waals surface area contributed by atoms with Gasteiger partial charge >= 0.3 is 0 Å². The SMILES string of the molecule is CC1C=c2ccccc2=C(N2c3ccc(-c4ccc(N(c5ccc(-c6cccc(-c7ccccc7)c6)cc5)c5cccc6ccccc56)cc4)cc3[C@]3(C)c4ccccc4-c4cccc2c43)C1. The minimum absolute atomic E-state index is 0.322. The van der Waals surface area contributed by atoms with Gasteiger partial charge in [0.2, 0.25) is 0 Å². The van der Waals surface area contributed by atoms with Crippen LogP contribution in [0, 0.1) is 5.92 Å². The molecular formula is C65H48N2. The molecule has 0 spiro atoms. The molecule has 2 atom stereocenters. The first-order chi connectivity index (χ1) is 33.0. The number of rotatable bonds is 7.